The van der Waals surface area contributed by atoms with E-state index in [1.54, 1.807) is 0 Å². The summed E-state index contributed by atoms with van der Waals surface area (Å²) in [6.07, 6.45) is 1.87. The Morgan fingerprint density at radius 1 is 1.60 bits per heavy atom. The molecule has 0 aliphatic heterocycles. The normalized spacial score (nSPS) is 17.1. The fourth-order valence-electron chi connectivity index (χ4n) is 0.763. The highest BCUT2D eigenvalue weighted by Gasteiger charge is 2.23. The molecule has 0 spiro atoms. The number of hydrogen-bond donors (Lipinski definition) is 0. The summed E-state index contributed by atoms with van der Waals surface area (Å²) in [5.41, 5.74) is 1.88. The van der Waals surface area contributed by atoms with E-state index in [-0.39, 0.29) is 0 Å². The van der Waals surface area contributed by atoms with Crippen LogP contribution in [0.2, 0.25) is 6.55 Å². The SMILES string of the molecule is C/C=C/[Si](C)(C=O)OCC. The maximum atomic E-state index is 10.5. The molecule has 0 N–H and O–H groups in total. The molecule has 0 aromatic heterocycles. The Hall–Kier alpha value is -0.413. The molecule has 0 fully saturated rings. The fourth-order valence-corrected chi connectivity index (χ4v) is 2.29. The van der Waals surface area contributed by atoms with Crippen molar-refractivity contribution in [2.45, 2.75) is 20.4 Å². The zero-order chi connectivity index (χ0) is 8.04. The molecule has 0 bridgehead atoms. The van der Waals surface area contributed by atoms with E-state index in [9.17, 15) is 4.79 Å². The smallest absolute Gasteiger partial charge is 0.280 e. The van der Waals surface area contributed by atoms with E-state index in [1.165, 1.54) is 0 Å². The van der Waals surface area contributed by atoms with E-state index >= 15 is 0 Å². The van der Waals surface area contributed by atoms with Crippen molar-refractivity contribution in [3.05, 3.63) is 11.8 Å². The average Bonchev–Trinajstić information content (AvgIpc) is 1.89. The van der Waals surface area contributed by atoms with Crippen molar-refractivity contribution >= 4 is 14.2 Å². The molecule has 0 amide bonds. The Labute approximate surface area is 63.0 Å². The number of hydrogen-bond acceptors (Lipinski definition) is 2. The van der Waals surface area contributed by atoms with Gasteiger partial charge in [0.1, 0.15) is 5.91 Å². The first kappa shape index (κ1) is 9.59. The molecule has 0 radical (unpaired) electrons. The van der Waals surface area contributed by atoms with Crippen LogP contribution in [0.15, 0.2) is 11.8 Å². The highest BCUT2D eigenvalue weighted by atomic mass is 28.4. The van der Waals surface area contributed by atoms with Crippen molar-refractivity contribution in [3.63, 3.8) is 0 Å². The maximum absolute atomic E-state index is 10.5. The molecule has 1 atom stereocenters. The van der Waals surface area contributed by atoms with E-state index in [0.29, 0.717) is 6.61 Å². The molecular formula is C7H14O2Si. The largest absolute Gasteiger partial charge is 0.407 e. The maximum Gasteiger partial charge on any atom is 0.280 e. The van der Waals surface area contributed by atoms with E-state index in [1.807, 2.05) is 32.2 Å². The van der Waals surface area contributed by atoms with Gasteiger partial charge in [-0.05, 0) is 20.4 Å². The summed E-state index contributed by atoms with van der Waals surface area (Å²) in [4.78, 5) is 10.5. The molecule has 0 aromatic carbocycles. The lowest BCUT2D eigenvalue weighted by atomic mass is 10.8. The van der Waals surface area contributed by atoms with Gasteiger partial charge in [0.2, 0.25) is 0 Å². The van der Waals surface area contributed by atoms with E-state index in [0.717, 1.165) is 5.91 Å². The predicted octanol–water partition coefficient (Wildman–Crippen LogP) is 1.49. The molecule has 0 aromatic rings. The van der Waals surface area contributed by atoms with Crippen LogP contribution in [-0.2, 0) is 9.22 Å². The van der Waals surface area contributed by atoms with Gasteiger partial charge in [-0.15, -0.1) is 0 Å². The summed E-state index contributed by atoms with van der Waals surface area (Å²) >= 11 is 0. The first-order valence-electron chi connectivity index (χ1n) is 3.42. The summed E-state index contributed by atoms with van der Waals surface area (Å²) in [5.74, 6) is 0.941. The van der Waals surface area contributed by atoms with Crippen LogP contribution >= 0.6 is 0 Å². The minimum absolute atomic E-state index is 0.617. The highest BCUT2D eigenvalue weighted by molar-refractivity contribution is 6.99. The van der Waals surface area contributed by atoms with Crippen LogP contribution in [0, 0.1) is 0 Å². The van der Waals surface area contributed by atoms with Crippen LogP contribution < -0.4 is 0 Å². The standard InChI is InChI=1S/C7H14O2Si/c1-4-6-10(3,7-8)9-5-2/h4,6-7H,5H2,1-3H3/b6-4+. The average molecular weight is 158 g/mol. The molecule has 0 heterocycles. The predicted molar refractivity (Wildman–Crippen MR) is 44.8 cm³/mol. The number of allylic oxidation sites excluding steroid dienone is 1. The third kappa shape index (κ3) is 2.94. The zero-order valence-electron chi connectivity index (χ0n) is 6.76. The Morgan fingerprint density at radius 3 is 2.50 bits per heavy atom. The minimum Gasteiger partial charge on any atom is -0.407 e. The Kier molecular flexibility index (Phi) is 4.23. The molecule has 0 aliphatic rings. The van der Waals surface area contributed by atoms with Crippen LogP contribution in [0.1, 0.15) is 13.8 Å². The lowest BCUT2D eigenvalue weighted by molar-refractivity contribution is 0.342. The summed E-state index contributed by atoms with van der Waals surface area (Å²) in [6, 6.07) is 0. The van der Waals surface area contributed by atoms with Crippen molar-refractivity contribution in [3.8, 4) is 0 Å². The second-order valence-electron chi connectivity index (χ2n) is 2.23. The summed E-state index contributed by atoms with van der Waals surface area (Å²) in [5, 5.41) is 0. The van der Waals surface area contributed by atoms with Gasteiger partial charge in [-0.2, -0.15) is 0 Å². The Balaban J connectivity index is 4.07. The van der Waals surface area contributed by atoms with Gasteiger partial charge in [-0.25, -0.2) is 0 Å². The summed E-state index contributed by atoms with van der Waals surface area (Å²) < 4.78 is 5.30. The second-order valence-corrected chi connectivity index (χ2v) is 5.46. The number of carbonyl (C=O) groups is 1. The molecule has 0 rings (SSSR count). The number of carbonyl (C=O) groups excluding carboxylic acids is 1. The monoisotopic (exact) mass is 158 g/mol. The molecule has 0 saturated carbocycles. The van der Waals surface area contributed by atoms with Gasteiger partial charge in [0.15, 0.2) is 0 Å². The van der Waals surface area contributed by atoms with Gasteiger partial charge < -0.3 is 9.22 Å². The molecule has 10 heavy (non-hydrogen) atoms. The van der Waals surface area contributed by atoms with Gasteiger partial charge in [0.05, 0.1) is 0 Å². The topological polar surface area (TPSA) is 26.3 Å². The molecule has 1 unspecified atom stereocenters. The van der Waals surface area contributed by atoms with Crippen molar-refractivity contribution in [2.24, 2.45) is 0 Å². The van der Waals surface area contributed by atoms with Gasteiger partial charge in [-0.1, -0.05) is 11.8 Å². The van der Waals surface area contributed by atoms with Gasteiger partial charge >= 0.3 is 0 Å². The Morgan fingerprint density at radius 2 is 2.20 bits per heavy atom. The van der Waals surface area contributed by atoms with E-state index in [4.69, 9.17) is 4.43 Å². The Bertz CT molecular complexity index is 134. The van der Waals surface area contributed by atoms with Crippen molar-refractivity contribution < 1.29 is 9.22 Å². The van der Waals surface area contributed by atoms with Crippen LogP contribution in [0.25, 0.3) is 0 Å². The molecule has 2 nitrogen and oxygen atoms in total. The first-order chi connectivity index (χ1) is 4.68. The van der Waals surface area contributed by atoms with Crippen LogP contribution in [0.4, 0.5) is 0 Å². The molecular weight excluding hydrogens is 144 g/mol. The molecule has 0 saturated heterocycles. The van der Waals surface area contributed by atoms with Gasteiger partial charge in [-0.3, -0.25) is 0 Å². The molecule has 58 valence electrons. The lowest BCUT2D eigenvalue weighted by Crippen LogP contribution is -2.34. The number of rotatable bonds is 4. The lowest BCUT2D eigenvalue weighted by Gasteiger charge is -2.14. The fraction of sp³-hybridized carbons (Fsp3) is 0.571. The van der Waals surface area contributed by atoms with Crippen LogP contribution in [0.5, 0.6) is 0 Å². The highest BCUT2D eigenvalue weighted by Crippen LogP contribution is 2.02. The minimum atomic E-state index is -2.08. The first-order valence-corrected chi connectivity index (χ1v) is 5.99. The van der Waals surface area contributed by atoms with E-state index in [2.05, 4.69) is 0 Å². The zero-order valence-corrected chi connectivity index (χ0v) is 7.76. The quantitative estimate of drug-likeness (QED) is 0.457. The third-order valence-corrected chi connectivity index (χ3v) is 3.56. The van der Waals surface area contributed by atoms with E-state index < -0.39 is 8.32 Å². The second kappa shape index (κ2) is 4.41. The van der Waals surface area contributed by atoms with Crippen molar-refractivity contribution in [1.82, 2.24) is 0 Å². The van der Waals surface area contributed by atoms with Gasteiger partial charge in [0, 0.05) is 6.61 Å². The van der Waals surface area contributed by atoms with Gasteiger partial charge in [0.25, 0.3) is 8.32 Å². The molecule has 0 aliphatic carbocycles. The summed E-state index contributed by atoms with van der Waals surface area (Å²) in [7, 11) is -2.08. The molecule has 3 heteroatoms. The van der Waals surface area contributed by atoms with Crippen LogP contribution in [0.3, 0.4) is 0 Å². The third-order valence-electron chi connectivity index (χ3n) is 1.19. The van der Waals surface area contributed by atoms with Crippen molar-refractivity contribution in [1.29, 1.82) is 0 Å². The van der Waals surface area contributed by atoms with Crippen molar-refractivity contribution in [2.75, 3.05) is 6.61 Å². The summed E-state index contributed by atoms with van der Waals surface area (Å²) in [6.45, 7) is 6.29. The van der Waals surface area contributed by atoms with Crippen LogP contribution in [-0.4, -0.2) is 20.8 Å².